The largest absolute Gasteiger partial charge is 0.494 e. The lowest BCUT2D eigenvalue weighted by Gasteiger charge is -2.37. The van der Waals surface area contributed by atoms with Gasteiger partial charge in [0.1, 0.15) is 5.75 Å². The van der Waals surface area contributed by atoms with E-state index in [0.717, 1.165) is 42.3 Å². The minimum absolute atomic E-state index is 0.458. The quantitative estimate of drug-likeness (QED) is 0.790. The van der Waals surface area contributed by atoms with Crippen LogP contribution in [-0.2, 0) is 4.79 Å². The molecule has 0 bridgehead atoms. The molecule has 0 aromatic heterocycles. The van der Waals surface area contributed by atoms with Crippen molar-refractivity contribution < 1.29 is 14.6 Å². The van der Waals surface area contributed by atoms with E-state index in [4.69, 9.17) is 4.74 Å². The summed E-state index contributed by atoms with van der Waals surface area (Å²) in [5.41, 5.74) is -0.592. The van der Waals surface area contributed by atoms with Crippen molar-refractivity contribution in [3.8, 4) is 5.75 Å². The summed E-state index contributed by atoms with van der Waals surface area (Å²) in [7, 11) is 0. The van der Waals surface area contributed by atoms with Crippen LogP contribution in [0.1, 0.15) is 45.4 Å². The second kappa shape index (κ2) is 7.30. The molecule has 116 valence electrons. The highest BCUT2D eigenvalue weighted by Gasteiger charge is 2.42. The van der Waals surface area contributed by atoms with E-state index in [2.05, 4.69) is 22.9 Å². The highest BCUT2D eigenvalue weighted by atomic mass is 79.9. The first-order valence-corrected chi connectivity index (χ1v) is 8.47. The maximum absolute atomic E-state index is 11.8. The second-order valence-corrected chi connectivity index (χ2v) is 6.93. The number of rotatable bonds is 6. The Balaban J connectivity index is 1.95. The zero-order chi connectivity index (χ0) is 15.3. The van der Waals surface area contributed by atoms with E-state index >= 15 is 0 Å². The highest BCUT2D eigenvalue weighted by Crippen LogP contribution is 2.43. The summed E-state index contributed by atoms with van der Waals surface area (Å²) in [6.07, 6.45) is 5.41. The maximum Gasteiger partial charge on any atom is 0.309 e. The second-order valence-electron chi connectivity index (χ2n) is 6.01. The van der Waals surface area contributed by atoms with Gasteiger partial charge in [0.2, 0.25) is 0 Å². The number of carboxylic acid groups (broad SMARTS) is 1. The van der Waals surface area contributed by atoms with E-state index in [0.29, 0.717) is 18.9 Å². The van der Waals surface area contributed by atoms with Gasteiger partial charge in [-0.05, 0) is 43.4 Å². The third-order valence-electron chi connectivity index (χ3n) is 4.62. The fourth-order valence-electron chi connectivity index (χ4n) is 3.28. The molecule has 0 spiro atoms. The van der Waals surface area contributed by atoms with Crippen LogP contribution in [0.15, 0.2) is 28.7 Å². The summed E-state index contributed by atoms with van der Waals surface area (Å²) in [5.74, 6) is 0.673. The molecule has 1 aromatic rings. The number of benzene rings is 1. The predicted octanol–water partition coefficient (Wildman–Crippen LogP) is 4.89. The van der Waals surface area contributed by atoms with Crippen LogP contribution in [0.3, 0.4) is 0 Å². The van der Waals surface area contributed by atoms with Crippen LogP contribution < -0.4 is 4.74 Å². The maximum atomic E-state index is 11.8. The molecule has 0 amide bonds. The van der Waals surface area contributed by atoms with Gasteiger partial charge in [0, 0.05) is 4.47 Å². The molecule has 1 aliphatic rings. The molecule has 1 N–H and O–H groups in total. The van der Waals surface area contributed by atoms with Gasteiger partial charge in [0.15, 0.2) is 0 Å². The van der Waals surface area contributed by atoms with Crippen molar-refractivity contribution in [2.75, 3.05) is 6.61 Å². The molecule has 1 aromatic carbocycles. The van der Waals surface area contributed by atoms with Crippen molar-refractivity contribution in [1.29, 1.82) is 0 Å². The molecule has 1 fully saturated rings. The van der Waals surface area contributed by atoms with Gasteiger partial charge in [0.25, 0.3) is 0 Å². The van der Waals surface area contributed by atoms with Gasteiger partial charge in [0.05, 0.1) is 12.0 Å². The Labute approximate surface area is 134 Å². The number of carbonyl (C=O) groups is 1. The van der Waals surface area contributed by atoms with Crippen LogP contribution >= 0.6 is 15.9 Å². The lowest BCUT2D eigenvalue weighted by molar-refractivity contribution is -0.153. The first kappa shape index (κ1) is 16.3. The van der Waals surface area contributed by atoms with Crippen LogP contribution in [-0.4, -0.2) is 17.7 Å². The molecular weight excluding hydrogens is 332 g/mol. The number of ether oxygens (including phenoxy) is 1. The molecule has 21 heavy (non-hydrogen) atoms. The Bertz CT molecular complexity index is 489. The summed E-state index contributed by atoms with van der Waals surface area (Å²) < 4.78 is 6.71. The van der Waals surface area contributed by atoms with E-state index in [-0.39, 0.29) is 0 Å². The van der Waals surface area contributed by atoms with Crippen molar-refractivity contribution in [2.45, 2.75) is 45.4 Å². The van der Waals surface area contributed by atoms with E-state index in [1.165, 1.54) is 0 Å². The normalized spacial score (nSPS) is 25.5. The first-order valence-electron chi connectivity index (χ1n) is 7.67. The zero-order valence-electron chi connectivity index (χ0n) is 12.5. The Hall–Kier alpha value is -1.03. The fraction of sp³-hybridized carbons (Fsp3) is 0.588. The third kappa shape index (κ3) is 4.22. The van der Waals surface area contributed by atoms with Gasteiger partial charge in [-0.3, -0.25) is 4.79 Å². The van der Waals surface area contributed by atoms with Gasteiger partial charge < -0.3 is 9.84 Å². The molecule has 0 heterocycles. The molecule has 2 rings (SSSR count). The number of hydrogen-bond acceptors (Lipinski definition) is 2. The molecular formula is C17H23BrO3. The number of hydrogen-bond donors (Lipinski definition) is 1. The van der Waals surface area contributed by atoms with E-state index in [9.17, 15) is 9.90 Å². The van der Waals surface area contributed by atoms with Crippen molar-refractivity contribution >= 4 is 21.9 Å². The van der Waals surface area contributed by atoms with Crippen LogP contribution in [0.25, 0.3) is 0 Å². The Morgan fingerprint density at radius 3 is 3.00 bits per heavy atom. The summed E-state index contributed by atoms with van der Waals surface area (Å²) in [5, 5.41) is 9.68. The van der Waals surface area contributed by atoms with Gasteiger partial charge in [-0.15, -0.1) is 0 Å². The number of aliphatic carboxylic acids is 1. The van der Waals surface area contributed by atoms with Crippen molar-refractivity contribution in [1.82, 2.24) is 0 Å². The van der Waals surface area contributed by atoms with Crippen LogP contribution in [0.5, 0.6) is 5.75 Å². The average molecular weight is 355 g/mol. The molecule has 1 aliphatic carbocycles. The summed E-state index contributed by atoms with van der Waals surface area (Å²) >= 11 is 3.41. The van der Waals surface area contributed by atoms with E-state index in [1.807, 2.05) is 24.3 Å². The number of halogens is 1. The molecule has 4 heteroatoms. The molecule has 3 nitrogen and oxygen atoms in total. The van der Waals surface area contributed by atoms with Gasteiger partial charge >= 0.3 is 5.97 Å². The van der Waals surface area contributed by atoms with Gasteiger partial charge in [-0.2, -0.15) is 0 Å². The fourth-order valence-corrected chi connectivity index (χ4v) is 3.66. The third-order valence-corrected chi connectivity index (χ3v) is 5.12. The lowest BCUT2D eigenvalue weighted by Crippen LogP contribution is -2.37. The summed E-state index contributed by atoms with van der Waals surface area (Å²) in [6.45, 7) is 2.61. The molecule has 0 radical (unpaired) electrons. The topological polar surface area (TPSA) is 46.5 Å². The standard InChI is InChI=1S/C17H23BrO3/c1-2-13-5-4-8-17(12-13,16(19)20)9-10-21-15-7-3-6-14(18)11-15/h3,6-7,11,13H,2,4-5,8-10,12H2,1H3,(H,19,20). The summed E-state index contributed by atoms with van der Waals surface area (Å²) in [6, 6.07) is 7.66. The minimum Gasteiger partial charge on any atom is -0.494 e. The van der Waals surface area contributed by atoms with Crippen molar-refractivity contribution in [2.24, 2.45) is 11.3 Å². The smallest absolute Gasteiger partial charge is 0.309 e. The predicted molar refractivity (Wildman–Crippen MR) is 86.6 cm³/mol. The first-order chi connectivity index (χ1) is 10.1. The molecule has 1 saturated carbocycles. The molecule has 0 aliphatic heterocycles. The van der Waals surface area contributed by atoms with E-state index < -0.39 is 11.4 Å². The summed E-state index contributed by atoms with van der Waals surface area (Å²) in [4.78, 5) is 11.8. The van der Waals surface area contributed by atoms with Gasteiger partial charge in [-0.1, -0.05) is 48.2 Å². The van der Waals surface area contributed by atoms with Crippen LogP contribution in [0.2, 0.25) is 0 Å². The molecule has 0 saturated heterocycles. The molecule has 2 atom stereocenters. The highest BCUT2D eigenvalue weighted by molar-refractivity contribution is 9.10. The average Bonchev–Trinajstić information content (AvgIpc) is 2.47. The van der Waals surface area contributed by atoms with E-state index in [1.54, 1.807) is 0 Å². The lowest BCUT2D eigenvalue weighted by atomic mass is 9.67. The SMILES string of the molecule is CCC1CCCC(CCOc2cccc(Br)c2)(C(=O)O)C1. The number of carboxylic acids is 1. The monoisotopic (exact) mass is 354 g/mol. The van der Waals surface area contributed by atoms with Crippen LogP contribution in [0, 0.1) is 11.3 Å². The Morgan fingerprint density at radius 2 is 2.33 bits per heavy atom. The minimum atomic E-state index is -0.654. The Morgan fingerprint density at radius 1 is 1.52 bits per heavy atom. The molecule has 2 unspecified atom stereocenters. The van der Waals surface area contributed by atoms with Crippen molar-refractivity contribution in [3.05, 3.63) is 28.7 Å². The van der Waals surface area contributed by atoms with Gasteiger partial charge in [-0.25, -0.2) is 0 Å². The zero-order valence-corrected chi connectivity index (χ0v) is 14.1. The Kier molecular flexibility index (Phi) is 5.68. The van der Waals surface area contributed by atoms with Crippen molar-refractivity contribution in [3.63, 3.8) is 0 Å². The van der Waals surface area contributed by atoms with Crippen LogP contribution in [0.4, 0.5) is 0 Å².